The van der Waals surface area contributed by atoms with Gasteiger partial charge in [-0.3, -0.25) is 4.79 Å². The lowest BCUT2D eigenvalue weighted by Crippen LogP contribution is -2.20. The van der Waals surface area contributed by atoms with Gasteiger partial charge in [0, 0.05) is 41.2 Å². The van der Waals surface area contributed by atoms with Gasteiger partial charge in [-0.1, -0.05) is 6.07 Å². The molecule has 1 aliphatic rings. The van der Waals surface area contributed by atoms with E-state index in [1.807, 2.05) is 18.2 Å². The van der Waals surface area contributed by atoms with Crippen molar-refractivity contribution in [2.45, 2.75) is 25.9 Å². The zero-order chi connectivity index (χ0) is 17.9. The van der Waals surface area contributed by atoms with E-state index < -0.39 is 22.8 Å². The number of halogens is 1. The quantitative estimate of drug-likeness (QED) is 0.546. The second-order valence-corrected chi connectivity index (χ2v) is 6.47. The Morgan fingerprint density at radius 3 is 2.77 bits per heavy atom. The number of aromatic nitrogens is 2. The zero-order valence-electron chi connectivity index (χ0n) is 13.9. The molecular formula is C18H18ClN3O4. The van der Waals surface area contributed by atoms with Gasteiger partial charge in [0.2, 0.25) is 0 Å². The molecule has 0 aliphatic carbocycles. The number of carboxylic acids is 1. The monoisotopic (exact) mass is 375 g/mol. The molecule has 1 unspecified atom stereocenters. The molecule has 3 heterocycles. The molecule has 4 rings (SSSR count). The van der Waals surface area contributed by atoms with Crippen molar-refractivity contribution >= 4 is 29.3 Å². The number of pyridine rings is 1. The molecule has 2 aromatic heterocycles. The number of aromatic hydroxyl groups is 1. The average Bonchev–Trinajstić information content (AvgIpc) is 3.05. The Labute approximate surface area is 154 Å². The number of carboxylic acid groups (broad SMARTS) is 1. The van der Waals surface area contributed by atoms with Crippen LogP contribution in [0.15, 0.2) is 29.1 Å². The molecule has 0 saturated heterocycles. The summed E-state index contributed by atoms with van der Waals surface area (Å²) in [5, 5.41) is 20.2. The van der Waals surface area contributed by atoms with E-state index in [9.17, 15) is 14.7 Å². The number of rotatable bonds is 2. The van der Waals surface area contributed by atoms with E-state index in [4.69, 9.17) is 10.8 Å². The van der Waals surface area contributed by atoms with Gasteiger partial charge >= 0.3 is 5.97 Å². The number of carbonyl (C=O) groups is 1. The third kappa shape index (κ3) is 2.56. The van der Waals surface area contributed by atoms with E-state index in [0.717, 1.165) is 23.9 Å². The van der Waals surface area contributed by atoms with Gasteiger partial charge in [0.15, 0.2) is 5.56 Å². The summed E-state index contributed by atoms with van der Waals surface area (Å²) < 4.78 is 2.18. The number of nitrogens with zero attached hydrogens (tertiary/aromatic N) is 1. The third-order valence-electron chi connectivity index (χ3n) is 4.81. The molecule has 8 heteroatoms. The molecular weight excluding hydrogens is 358 g/mol. The molecule has 1 aromatic carbocycles. The van der Waals surface area contributed by atoms with Crippen molar-refractivity contribution in [1.29, 1.82) is 0 Å². The second-order valence-electron chi connectivity index (χ2n) is 6.47. The molecule has 0 fully saturated rings. The Kier molecular flexibility index (Phi) is 4.29. The van der Waals surface area contributed by atoms with Gasteiger partial charge in [0.1, 0.15) is 5.75 Å². The van der Waals surface area contributed by atoms with Crippen molar-refractivity contribution < 1.29 is 15.0 Å². The molecule has 5 N–H and O–H groups in total. The van der Waals surface area contributed by atoms with E-state index >= 15 is 0 Å². The molecule has 0 bridgehead atoms. The van der Waals surface area contributed by atoms with Crippen molar-refractivity contribution in [1.82, 2.24) is 9.55 Å². The largest absolute Gasteiger partial charge is 0.506 e. The summed E-state index contributed by atoms with van der Waals surface area (Å²) in [4.78, 5) is 25.7. The number of hydrogen-bond acceptors (Lipinski definition) is 4. The number of aromatic amines is 1. The van der Waals surface area contributed by atoms with Gasteiger partial charge < -0.3 is 25.5 Å². The summed E-state index contributed by atoms with van der Waals surface area (Å²) in [5.74, 6) is -1.96. The van der Waals surface area contributed by atoms with Gasteiger partial charge in [-0.15, -0.1) is 12.4 Å². The molecule has 3 aromatic rings. The first-order chi connectivity index (χ1) is 11.9. The lowest BCUT2D eigenvalue weighted by atomic mass is 10.0. The topological polar surface area (TPSA) is 121 Å². The van der Waals surface area contributed by atoms with E-state index in [1.165, 1.54) is 5.69 Å². The molecule has 0 saturated carbocycles. The van der Waals surface area contributed by atoms with Crippen LogP contribution in [0.4, 0.5) is 0 Å². The average molecular weight is 376 g/mol. The predicted octanol–water partition coefficient (Wildman–Crippen LogP) is 2.01. The van der Waals surface area contributed by atoms with Crippen molar-refractivity contribution in [3.05, 3.63) is 51.4 Å². The molecule has 26 heavy (non-hydrogen) atoms. The number of hydrogen-bond donors (Lipinski definition) is 4. The van der Waals surface area contributed by atoms with Gasteiger partial charge in [-0.25, -0.2) is 4.79 Å². The minimum Gasteiger partial charge on any atom is -0.506 e. The Hall–Kier alpha value is -2.77. The van der Waals surface area contributed by atoms with Gasteiger partial charge in [0.05, 0.1) is 5.69 Å². The summed E-state index contributed by atoms with van der Waals surface area (Å²) in [5.41, 5.74) is 8.23. The maximum Gasteiger partial charge on any atom is 0.345 e. The highest BCUT2D eigenvalue weighted by atomic mass is 35.5. The molecule has 0 radical (unpaired) electrons. The van der Waals surface area contributed by atoms with Crippen molar-refractivity contribution in [2.24, 2.45) is 5.73 Å². The van der Waals surface area contributed by atoms with Gasteiger partial charge in [-0.2, -0.15) is 0 Å². The first kappa shape index (κ1) is 18.0. The summed E-state index contributed by atoms with van der Waals surface area (Å²) in [6, 6.07) is 7.93. The Morgan fingerprint density at radius 1 is 1.35 bits per heavy atom. The van der Waals surface area contributed by atoms with Crippen LogP contribution in [0, 0.1) is 6.92 Å². The summed E-state index contributed by atoms with van der Waals surface area (Å²) in [6.07, 6.45) is 0.827. The SMILES string of the molecule is Cc1c(-c2ccc3c(c2)cc2n3CC(N)C2)[nH]c(=O)c(C(=O)O)c1O.Cl. The van der Waals surface area contributed by atoms with Crippen LogP contribution < -0.4 is 11.3 Å². The fraction of sp³-hybridized carbons (Fsp3) is 0.222. The first-order valence-corrected chi connectivity index (χ1v) is 7.94. The number of nitrogens with two attached hydrogens (primary N) is 1. The van der Waals surface area contributed by atoms with E-state index in [0.29, 0.717) is 16.8 Å². The number of fused-ring (bicyclic) bond motifs is 3. The lowest BCUT2D eigenvalue weighted by Gasteiger charge is -2.10. The smallest absolute Gasteiger partial charge is 0.345 e. The Balaban J connectivity index is 0.00000196. The van der Waals surface area contributed by atoms with Crippen molar-refractivity contribution in [3.63, 3.8) is 0 Å². The number of benzene rings is 1. The first-order valence-electron chi connectivity index (χ1n) is 7.94. The fourth-order valence-corrected chi connectivity index (χ4v) is 3.61. The molecule has 0 spiro atoms. The molecule has 0 amide bonds. The third-order valence-corrected chi connectivity index (χ3v) is 4.81. The molecule has 1 aliphatic heterocycles. The summed E-state index contributed by atoms with van der Waals surface area (Å²) in [7, 11) is 0. The number of aromatic carboxylic acids is 1. The van der Waals surface area contributed by atoms with Crippen LogP contribution in [-0.2, 0) is 13.0 Å². The maximum absolute atomic E-state index is 12.0. The van der Waals surface area contributed by atoms with Crippen LogP contribution >= 0.6 is 12.4 Å². The highest BCUT2D eigenvalue weighted by Gasteiger charge is 2.22. The highest BCUT2D eigenvalue weighted by molar-refractivity contribution is 5.92. The van der Waals surface area contributed by atoms with Gasteiger partial charge in [-0.05, 0) is 30.7 Å². The van der Waals surface area contributed by atoms with E-state index in [-0.39, 0.29) is 18.4 Å². The number of H-pyrrole nitrogens is 1. The predicted molar refractivity (Wildman–Crippen MR) is 100 cm³/mol. The van der Waals surface area contributed by atoms with Crippen molar-refractivity contribution in [3.8, 4) is 17.0 Å². The molecule has 136 valence electrons. The van der Waals surface area contributed by atoms with E-state index in [1.54, 1.807) is 6.92 Å². The normalized spacial score (nSPS) is 15.7. The summed E-state index contributed by atoms with van der Waals surface area (Å²) in [6.45, 7) is 2.36. The van der Waals surface area contributed by atoms with Crippen LogP contribution in [0.1, 0.15) is 21.6 Å². The highest BCUT2D eigenvalue weighted by Crippen LogP contribution is 2.32. The second kappa shape index (κ2) is 6.19. The fourth-order valence-electron chi connectivity index (χ4n) is 3.61. The zero-order valence-corrected chi connectivity index (χ0v) is 14.8. The van der Waals surface area contributed by atoms with Crippen molar-refractivity contribution in [2.75, 3.05) is 0 Å². The van der Waals surface area contributed by atoms with E-state index in [2.05, 4.69) is 15.6 Å². The van der Waals surface area contributed by atoms with Crippen LogP contribution in [0.3, 0.4) is 0 Å². The van der Waals surface area contributed by atoms with Crippen LogP contribution in [-0.4, -0.2) is 31.8 Å². The number of nitrogens with one attached hydrogen (secondary N) is 1. The Bertz CT molecular complexity index is 1100. The van der Waals surface area contributed by atoms with Crippen LogP contribution in [0.2, 0.25) is 0 Å². The minimum atomic E-state index is -1.45. The van der Waals surface area contributed by atoms with Crippen LogP contribution in [0.25, 0.3) is 22.2 Å². The van der Waals surface area contributed by atoms with Crippen LogP contribution in [0.5, 0.6) is 5.75 Å². The molecule has 1 atom stereocenters. The molecule has 7 nitrogen and oxygen atoms in total. The minimum absolute atomic E-state index is 0. The standard InChI is InChI=1S/C18H17N3O4.ClH/c1-8-15(20-17(23)14(16(8)22)18(24)25)9-2-3-13-10(4-9)5-12-6-11(19)7-21(12)13;/h2-5,11H,6-7,19H2,1H3,(H,24,25)(H2,20,22,23);1H. The lowest BCUT2D eigenvalue weighted by molar-refractivity contribution is 0.0691. The van der Waals surface area contributed by atoms with Gasteiger partial charge in [0.25, 0.3) is 5.56 Å². The maximum atomic E-state index is 12.0. The summed E-state index contributed by atoms with van der Waals surface area (Å²) >= 11 is 0. The Morgan fingerprint density at radius 2 is 2.08 bits per heavy atom.